The van der Waals surface area contributed by atoms with Crippen LogP contribution in [0.1, 0.15) is 22.3 Å². The van der Waals surface area contributed by atoms with Gasteiger partial charge in [-0.2, -0.15) is 13.2 Å². The third kappa shape index (κ3) is 4.00. The first-order chi connectivity index (χ1) is 15.2. The van der Waals surface area contributed by atoms with Crippen LogP contribution in [0.3, 0.4) is 0 Å². The highest BCUT2D eigenvalue weighted by molar-refractivity contribution is 5.85. The van der Waals surface area contributed by atoms with Crippen molar-refractivity contribution in [1.82, 2.24) is 4.57 Å². The lowest BCUT2D eigenvalue weighted by Gasteiger charge is -2.18. The smallest absolute Gasteiger partial charge is 0.419 e. The van der Waals surface area contributed by atoms with E-state index in [0.29, 0.717) is 22.0 Å². The first-order valence-corrected chi connectivity index (χ1v) is 10.1. The van der Waals surface area contributed by atoms with Crippen LogP contribution in [0.5, 0.6) is 5.75 Å². The summed E-state index contributed by atoms with van der Waals surface area (Å²) in [5.74, 6) is -0.259. The molecular formula is C26H22F3NO2. The van der Waals surface area contributed by atoms with Gasteiger partial charge in [0.25, 0.3) is 5.56 Å². The van der Waals surface area contributed by atoms with E-state index in [1.165, 1.54) is 13.2 Å². The molecule has 0 aliphatic carbocycles. The van der Waals surface area contributed by atoms with E-state index in [4.69, 9.17) is 4.74 Å². The quantitative estimate of drug-likeness (QED) is 0.372. The summed E-state index contributed by atoms with van der Waals surface area (Å²) in [6, 6.07) is 18.7. The largest absolute Gasteiger partial charge is 0.496 e. The third-order valence-corrected chi connectivity index (χ3v) is 5.65. The Bertz CT molecular complexity index is 1370. The van der Waals surface area contributed by atoms with Crippen molar-refractivity contribution in [2.24, 2.45) is 0 Å². The average Bonchev–Trinajstić information content (AvgIpc) is 2.76. The fourth-order valence-electron chi connectivity index (χ4n) is 3.98. The van der Waals surface area contributed by atoms with Gasteiger partial charge in [-0.15, -0.1) is 0 Å². The van der Waals surface area contributed by atoms with E-state index in [9.17, 15) is 18.0 Å². The van der Waals surface area contributed by atoms with Gasteiger partial charge in [0.2, 0.25) is 0 Å². The maximum atomic E-state index is 13.7. The summed E-state index contributed by atoms with van der Waals surface area (Å²) in [6.07, 6.45) is -4.59. The van der Waals surface area contributed by atoms with E-state index >= 15 is 0 Å². The van der Waals surface area contributed by atoms with Crippen LogP contribution in [0.15, 0.2) is 71.5 Å². The fraction of sp³-hybridized carbons (Fsp3) is 0.192. The number of alkyl halides is 3. The van der Waals surface area contributed by atoms with Crippen molar-refractivity contribution >= 4 is 10.8 Å². The summed E-state index contributed by atoms with van der Waals surface area (Å²) in [6.45, 7) is 4.20. The highest BCUT2D eigenvalue weighted by Gasteiger charge is 2.34. The van der Waals surface area contributed by atoms with E-state index in [-0.39, 0.29) is 17.9 Å². The van der Waals surface area contributed by atoms with Crippen molar-refractivity contribution < 1.29 is 17.9 Å². The predicted molar refractivity (Wildman–Crippen MR) is 120 cm³/mol. The third-order valence-electron chi connectivity index (χ3n) is 5.65. The minimum atomic E-state index is -4.59. The number of hydrogen-bond donors (Lipinski definition) is 0. The molecule has 6 heteroatoms. The summed E-state index contributed by atoms with van der Waals surface area (Å²) in [7, 11) is 1.20. The van der Waals surface area contributed by atoms with E-state index in [0.717, 1.165) is 22.8 Å². The van der Waals surface area contributed by atoms with Crippen molar-refractivity contribution in [2.75, 3.05) is 7.11 Å². The standard InChI is InChI=1S/C26H22F3NO2/c1-16-8-9-20(17(2)12-16)15-30-23(14-18-6-4-5-7-21(18)25(30)31)19-10-11-24(32-3)22(13-19)26(27,28)29/h4-14H,15H2,1-3H3. The van der Waals surface area contributed by atoms with Gasteiger partial charge in [0.1, 0.15) is 5.75 Å². The number of fused-ring (bicyclic) bond motifs is 1. The molecule has 1 aromatic heterocycles. The van der Waals surface area contributed by atoms with Gasteiger partial charge in [-0.3, -0.25) is 4.79 Å². The number of aromatic nitrogens is 1. The molecule has 0 aliphatic heterocycles. The van der Waals surface area contributed by atoms with Gasteiger partial charge < -0.3 is 9.30 Å². The number of ether oxygens (including phenoxy) is 1. The van der Waals surface area contributed by atoms with Crippen LogP contribution >= 0.6 is 0 Å². The topological polar surface area (TPSA) is 31.2 Å². The molecular weight excluding hydrogens is 415 g/mol. The van der Waals surface area contributed by atoms with Gasteiger partial charge in [0.05, 0.1) is 24.9 Å². The van der Waals surface area contributed by atoms with Crippen molar-refractivity contribution in [3.05, 3.63) is 99.3 Å². The maximum Gasteiger partial charge on any atom is 0.419 e. The molecule has 3 aromatic carbocycles. The Hall–Kier alpha value is -3.54. The van der Waals surface area contributed by atoms with Crippen molar-refractivity contribution in [3.63, 3.8) is 0 Å². The molecule has 0 aliphatic rings. The zero-order chi connectivity index (χ0) is 23.0. The summed E-state index contributed by atoms with van der Waals surface area (Å²) < 4.78 is 47.4. The second kappa shape index (κ2) is 8.19. The first-order valence-electron chi connectivity index (χ1n) is 10.1. The number of rotatable bonds is 4. The normalized spacial score (nSPS) is 11.7. The van der Waals surface area contributed by atoms with Gasteiger partial charge in [-0.1, -0.05) is 42.0 Å². The zero-order valence-corrected chi connectivity index (χ0v) is 18.0. The lowest BCUT2D eigenvalue weighted by Crippen LogP contribution is -2.23. The number of nitrogens with zero attached hydrogens (tertiary/aromatic N) is 1. The summed E-state index contributed by atoms with van der Waals surface area (Å²) in [5.41, 5.74) is 2.63. The van der Waals surface area contributed by atoms with Crippen LogP contribution in [-0.4, -0.2) is 11.7 Å². The Labute approximate surface area is 183 Å². The molecule has 32 heavy (non-hydrogen) atoms. The second-order valence-corrected chi connectivity index (χ2v) is 7.85. The predicted octanol–water partition coefficient (Wildman–Crippen LogP) is 6.36. The van der Waals surface area contributed by atoms with Crippen molar-refractivity contribution in [3.8, 4) is 17.0 Å². The molecule has 3 nitrogen and oxygen atoms in total. The minimum Gasteiger partial charge on any atom is -0.496 e. The molecule has 0 saturated carbocycles. The number of methoxy groups -OCH3 is 1. The lowest BCUT2D eigenvalue weighted by molar-refractivity contribution is -0.138. The Balaban J connectivity index is 1.98. The molecule has 4 rings (SSSR count). The molecule has 0 unspecified atom stereocenters. The van der Waals surface area contributed by atoms with Gasteiger partial charge in [0, 0.05) is 5.39 Å². The monoisotopic (exact) mass is 437 g/mol. The fourth-order valence-corrected chi connectivity index (χ4v) is 3.98. The SMILES string of the molecule is COc1ccc(-c2cc3ccccc3c(=O)n2Cc2ccc(C)cc2C)cc1C(F)(F)F. The summed E-state index contributed by atoms with van der Waals surface area (Å²) >= 11 is 0. The molecule has 0 radical (unpaired) electrons. The molecule has 0 spiro atoms. The molecule has 4 aromatic rings. The van der Waals surface area contributed by atoms with Gasteiger partial charge in [-0.05, 0) is 66.3 Å². The highest BCUT2D eigenvalue weighted by atomic mass is 19.4. The Morgan fingerprint density at radius 2 is 1.69 bits per heavy atom. The lowest BCUT2D eigenvalue weighted by atomic mass is 10.0. The molecule has 0 bridgehead atoms. The maximum absolute atomic E-state index is 13.7. The molecule has 1 heterocycles. The van der Waals surface area contributed by atoms with Crippen molar-refractivity contribution in [2.45, 2.75) is 26.6 Å². The van der Waals surface area contributed by atoms with Crippen molar-refractivity contribution in [1.29, 1.82) is 0 Å². The van der Waals surface area contributed by atoms with Crippen LogP contribution in [0, 0.1) is 13.8 Å². The zero-order valence-electron chi connectivity index (χ0n) is 18.0. The second-order valence-electron chi connectivity index (χ2n) is 7.85. The van der Waals surface area contributed by atoms with E-state index in [1.807, 2.05) is 32.0 Å². The molecule has 0 amide bonds. The molecule has 0 fully saturated rings. The molecule has 164 valence electrons. The Morgan fingerprint density at radius 3 is 2.38 bits per heavy atom. The number of hydrogen-bond acceptors (Lipinski definition) is 2. The van der Waals surface area contributed by atoms with Crippen LogP contribution in [0.25, 0.3) is 22.0 Å². The van der Waals surface area contributed by atoms with E-state index < -0.39 is 11.7 Å². The number of pyridine rings is 1. The van der Waals surface area contributed by atoms with E-state index in [1.54, 1.807) is 41.0 Å². The van der Waals surface area contributed by atoms with Crippen LogP contribution < -0.4 is 10.3 Å². The van der Waals surface area contributed by atoms with E-state index in [2.05, 4.69) is 0 Å². The Morgan fingerprint density at radius 1 is 0.938 bits per heavy atom. The summed E-state index contributed by atoms with van der Waals surface area (Å²) in [5, 5.41) is 1.19. The number of aryl methyl sites for hydroxylation is 2. The van der Waals surface area contributed by atoms with Crippen LogP contribution in [-0.2, 0) is 12.7 Å². The average molecular weight is 437 g/mol. The highest BCUT2D eigenvalue weighted by Crippen LogP contribution is 2.39. The van der Waals surface area contributed by atoms with Gasteiger partial charge >= 0.3 is 6.18 Å². The van der Waals surface area contributed by atoms with Gasteiger partial charge in [-0.25, -0.2) is 0 Å². The summed E-state index contributed by atoms with van der Waals surface area (Å²) in [4.78, 5) is 13.4. The molecule has 0 N–H and O–H groups in total. The molecule has 0 saturated heterocycles. The Kier molecular flexibility index (Phi) is 5.55. The first kappa shape index (κ1) is 21.7. The number of halogens is 3. The van der Waals surface area contributed by atoms with Crippen LogP contribution in [0.2, 0.25) is 0 Å². The molecule has 0 atom stereocenters. The van der Waals surface area contributed by atoms with Crippen LogP contribution in [0.4, 0.5) is 13.2 Å². The number of benzene rings is 3. The van der Waals surface area contributed by atoms with Gasteiger partial charge in [0.15, 0.2) is 0 Å². The minimum absolute atomic E-state index is 0.248.